The minimum atomic E-state index is -0.0830. The summed E-state index contributed by atoms with van der Waals surface area (Å²) in [5, 5.41) is 0. The van der Waals surface area contributed by atoms with Crippen LogP contribution in [-0.2, 0) is 9.53 Å². The van der Waals surface area contributed by atoms with Gasteiger partial charge in [-0.3, -0.25) is 9.59 Å². The highest BCUT2D eigenvalue weighted by Gasteiger charge is 2.27. The fourth-order valence-corrected chi connectivity index (χ4v) is 3.79. The van der Waals surface area contributed by atoms with Crippen molar-refractivity contribution in [2.75, 3.05) is 52.4 Å². The lowest BCUT2D eigenvalue weighted by Crippen LogP contribution is -2.49. The smallest absolute Gasteiger partial charge is 0.257 e. The molecule has 1 atom stereocenters. The molecule has 150 valence electrons. The Morgan fingerprint density at radius 1 is 1.26 bits per heavy atom. The highest BCUT2D eigenvalue weighted by Crippen LogP contribution is 2.18. The summed E-state index contributed by atoms with van der Waals surface area (Å²) in [6.45, 7) is 10.0. The molecule has 1 aromatic rings. The van der Waals surface area contributed by atoms with Crippen LogP contribution in [0, 0.1) is 6.92 Å². The van der Waals surface area contributed by atoms with Crippen molar-refractivity contribution in [3.8, 4) is 0 Å². The highest BCUT2D eigenvalue weighted by molar-refractivity contribution is 5.95. The number of aryl methyl sites for hydroxylation is 1. The van der Waals surface area contributed by atoms with E-state index in [1.807, 2.05) is 4.90 Å². The van der Waals surface area contributed by atoms with E-state index in [1.165, 1.54) is 6.26 Å². The third-order valence-electron chi connectivity index (χ3n) is 5.59. The summed E-state index contributed by atoms with van der Waals surface area (Å²) >= 11 is 0. The minimum Gasteiger partial charge on any atom is -0.469 e. The van der Waals surface area contributed by atoms with Crippen molar-refractivity contribution in [2.24, 2.45) is 0 Å². The van der Waals surface area contributed by atoms with Gasteiger partial charge in [-0.2, -0.15) is 0 Å². The standard InChI is InChI=1S/C20H31N3O4/c1-3-21-9-11-22(12-10-21)19(24)6-8-23(15-17-5-4-13-27-17)20(25)18-7-14-26-16(18)2/h7,14,17H,3-6,8-13,15H2,1-2H3. The second-order valence-corrected chi connectivity index (χ2v) is 7.34. The number of piperazine rings is 1. The fraction of sp³-hybridized carbons (Fsp3) is 0.700. The Kier molecular flexibility index (Phi) is 6.90. The molecule has 7 nitrogen and oxygen atoms in total. The number of carbonyl (C=O) groups is 2. The predicted molar refractivity (Wildman–Crippen MR) is 102 cm³/mol. The molecule has 0 spiro atoms. The second-order valence-electron chi connectivity index (χ2n) is 7.34. The monoisotopic (exact) mass is 377 g/mol. The Hall–Kier alpha value is -1.86. The molecule has 3 heterocycles. The molecule has 0 aliphatic carbocycles. The lowest BCUT2D eigenvalue weighted by molar-refractivity contribution is -0.133. The topological polar surface area (TPSA) is 66.2 Å². The van der Waals surface area contributed by atoms with Gasteiger partial charge < -0.3 is 23.9 Å². The van der Waals surface area contributed by atoms with E-state index in [2.05, 4.69) is 11.8 Å². The maximum Gasteiger partial charge on any atom is 0.257 e. The molecule has 0 saturated carbocycles. The summed E-state index contributed by atoms with van der Waals surface area (Å²) in [4.78, 5) is 31.6. The molecule has 7 heteroatoms. The number of hydrogen-bond acceptors (Lipinski definition) is 5. The lowest BCUT2D eigenvalue weighted by Gasteiger charge is -2.34. The number of rotatable bonds is 7. The Balaban J connectivity index is 1.58. The zero-order chi connectivity index (χ0) is 19.2. The van der Waals surface area contributed by atoms with E-state index in [-0.39, 0.29) is 17.9 Å². The van der Waals surface area contributed by atoms with E-state index in [1.54, 1.807) is 17.9 Å². The molecule has 3 rings (SSSR count). The number of nitrogens with zero attached hydrogens (tertiary/aromatic N) is 3. The average molecular weight is 377 g/mol. The predicted octanol–water partition coefficient (Wildman–Crippen LogP) is 1.76. The van der Waals surface area contributed by atoms with Gasteiger partial charge in [-0.15, -0.1) is 0 Å². The average Bonchev–Trinajstić information content (AvgIpc) is 3.36. The minimum absolute atomic E-state index is 0.0596. The highest BCUT2D eigenvalue weighted by atomic mass is 16.5. The van der Waals surface area contributed by atoms with Crippen LogP contribution in [0.2, 0.25) is 0 Å². The molecule has 1 unspecified atom stereocenters. The van der Waals surface area contributed by atoms with Gasteiger partial charge in [0.15, 0.2) is 0 Å². The number of hydrogen-bond donors (Lipinski definition) is 0. The van der Waals surface area contributed by atoms with Crippen LogP contribution in [-0.4, -0.2) is 85.0 Å². The Morgan fingerprint density at radius 3 is 2.63 bits per heavy atom. The normalized spacial score (nSPS) is 20.8. The zero-order valence-corrected chi connectivity index (χ0v) is 16.5. The number of ether oxygens (including phenoxy) is 1. The van der Waals surface area contributed by atoms with Gasteiger partial charge in [0.25, 0.3) is 5.91 Å². The van der Waals surface area contributed by atoms with E-state index >= 15 is 0 Å². The molecular formula is C20H31N3O4. The molecular weight excluding hydrogens is 346 g/mol. The number of furan rings is 1. The number of amides is 2. The summed E-state index contributed by atoms with van der Waals surface area (Å²) in [6, 6.07) is 1.70. The molecule has 2 fully saturated rings. The zero-order valence-electron chi connectivity index (χ0n) is 16.5. The van der Waals surface area contributed by atoms with Crippen molar-refractivity contribution in [1.82, 2.24) is 14.7 Å². The summed E-state index contributed by atoms with van der Waals surface area (Å²) in [5.74, 6) is 0.652. The maximum absolute atomic E-state index is 13.0. The van der Waals surface area contributed by atoms with Crippen molar-refractivity contribution < 1.29 is 18.7 Å². The third kappa shape index (κ3) is 5.11. The Morgan fingerprint density at radius 2 is 2.04 bits per heavy atom. The van der Waals surface area contributed by atoms with E-state index in [0.29, 0.717) is 30.8 Å². The van der Waals surface area contributed by atoms with Crippen LogP contribution in [0.5, 0.6) is 0 Å². The molecule has 2 aliphatic rings. The molecule has 0 aromatic carbocycles. The van der Waals surface area contributed by atoms with E-state index in [9.17, 15) is 9.59 Å². The van der Waals surface area contributed by atoms with Crippen molar-refractivity contribution >= 4 is 11.8 Å². The molecule has 2 aliphatic heterocycles. The first-order chi connectivity index (χ1) is 13.1. The van der Waals surface area contributed by atoms with Crippen LogP contribution in [0.4, 0.5) is 0 Å². The third-order valence-corrected chi connectivity index (χ3v) is 5.59. The molecule has 2 amide bonds. The SMILES string of the molecule is CCN1CCN(C(=O)CCN(CC2CCCO2)C(=O)c2ccoc2C)CC1. The van der Waals surface area contributed by atoms with Crippen LogP contribution in [0.1, 0.15) is 42.3 Å². The first kappa shape index (κ1) is 19.9. The van der Waals surface area contributed by atoms with Crippen LogP contribution >= 0.6 is 0 Å². The summed E-state index contributed by atoms with van der Waals surface area (Å²) in [6.07, 6.45) is 3.93. The van der Waals surface area contributed by atoms with E-state index in [0.717, 1.165) is 52.2 Å². The molecule has 2 saturated heterocycles. The van der Waals surface area contributed by atoms with Gasteiger partial charge in [0.1, 0.15) is 5.76 Å². The number of carbonyl (C=O) groups excluding carboxylic acids is 2. The maximum atomic E-state index is 13.0. The first-order valence-corrected chi connectivity index (χ1v) is 10.0. The van der Waals surface area contributed by atoms with Crippen molar-refractivity contribution in [2.45, 2.75) is 39.2 Å². The first-order valence-electron chi connectivity index (χ1n) is 10.0. The van der Waals surface area contributed by atoms with Crippen LogP contribution in [0.25, 0.3) is 0 Å². The van der Waals surface area contributed by atoms with Gasteiger partial charge >= 0.3 is 0 Å². The van der Waals surface area contributed by atoms with E-state index in [4.69, 9.17) is 9.15 Å². The van der Waals surface area contributed by atoms with Gasteiger partial charge in [0.2, 0.25) is 5.91 Å². The summed E-state index contributed by atoms with van der Waals surface area (Å²) in [5.41, 5.74) is 0.567. The Bertz CT molecular complexity index is 631. The van der Waals surface area contributed by atoms with Crippen LogP contribution in [0.15, 0.2) is 16.7 Å². The summed E-state index contributed by atoms with van der Waals surface area (Å²) < 4.78 is 11.0. The van der Waals surface area contributed by atoms with Gasteiger partial charge in [-0.05, 0) is 32.4 Å². The molecule has 0 bridgehead atoms. The second kappa shape index (κ2) is 9.37. The van der Waals surface area contributed by atoms with Crippen LogP contribution in [0.3, 0.4) is 0 Å². The van der Waals surface area contributed by atoms with Crippen molar-refractivity contribution in [1.29, 1.82) is 0 Å². The van der Waals surface area contributed by atoms with Crippen LogP contribution < -0.4 is 0 Å². The summed E-state index contributed by atoms with van der Waals surface area (Å²) in [7, 11) is 0. The fourth-order valence-electron chi connectivity index (χ4n) is 3.79. The van der Waals surface area contributed by atoms with E-state index < -0.39 is 0 Å². The molecule has 1 aromatic heterocycles. The molecule has 27 heavy (non-hydrogen) atoms. The quantitative estimate of drug-likeness (QED) is 0.724. The van der Waals surface area contributed by atoms with Gasteiger partial charge in [-0.25, -0.2) is 0 Å². The van der Waals surface area contributed by atoms with Gasteiger partial charge in [0, 0.05) is 52.3 Å². The largest absolute Gasteiger partial charge is 0.469 e. The van der Waals surface area contributed by atoms with Crippen molar-refractivity contribution in [3.05, 3.63) is 23.7 Å². The van der Waals surface area contributed by atoms with Crippen molar-refractivity contribution in [3.63, 3.8) is 0 Å². The Labute approximate surface area is 161 Å². The number of likely N-dealkylation sites (N-methyl/N-ethyl adjacent to an activating group) is 1. The van der Waals surface area contributed by atoms with Gasteiger partial charge in [-0.1, -0.05) is 6.92 Å². The molecule has 0 N–H and O–H groups in total. The van der Waals surface area contributed by atoms with Gasteiger partial charge in [0.05, 0.1) is 17.9 Å². The lowest BCUT2D eigenvalue weighted by atomic mass is 10.1. The molecule has 0 radical (unpaired) electrons.